The molecule has 0 bridgehead atoms. The molecule has 1 atom stereocenters. The molecule has 0 aromatic heterocycles. The molecule has 0 spiro atoms. The highest BCUT2D eigenvalue weighted by Gasteiger charge is 1.98. The molecule has 0 saturated carbocycles. The van der Waals surface area contributed by atoms with Gasteiger partial charge in [-0.1, -0.05) is 58.3 Å². The maximum Gasteiger partial charge on any atom is 0.0582 e. The first-order chi connectivity index (χ1) is 6.81. The van der Waals surface area contributed by atoms with Crippen LogP contribution in [-0.2, 0) is 0 Å². The van der Waals surface area contributed by atoms with E-state index in [0.29, 0.717) is 0 Å². The third-order valence-electron chi connectivity index (χ3n) is 2.66. The van der Waals surface area contributed by atoms with Gasteiger partial charge in [-0.2, -0.15) is 0 Å². The molecule has 0 aliphatic rings. The summed E-state index contributed by atoms with van der Waals surface area (Å²) in [5, 5.41) is 8.71. The number of nitrogens with two attached hydrogens (primary N) is 1. The molecule has 15 heavy (non-hydrogen) atoms. The Kier molecular flexibility index (Phi) is 16.7. The van der Waals surface area contributed by atoms with Crippen LogP contribution in [0.5, 0.6) is 0 Å². The molecule has 2 nitrogen and oxygen atoms in total. The Morgan fingerprint density at radius 2 is 1.40 bits per heavy atom. The third-order valence-corrected chi connectivity index (χ3v) is 2.66. The van der Waals surface area contributed by atoms with Gasteiger partial charge in [0.05, 0.1) is 6.61 Å². The molecule has 0 aromatic rings. The average molecular weight is 238 g/mol. The molecule has 0 aliphatic carbocycles. The maximum atomic E-state index is 8.71. The average Bonchev–Trinajstić information content (AvgIpc) is 2.21. The van der Waals surface area contributed by atoms with Crippen LogP contribution in [0.15, 0.2) is 0 Å². The van der Waals surface area contributed by atoms with Crippen molar-refractivity contribution in [3.63, 3.8) is 0 Å². The second-order valence-electron chi connectivity index (χ2n) is 4.21. The van der Waals surface area contributed by atoms with Crippen molar-refractivity contribution in [2.45, 2.75) is 70.8 Å². The Morgan fingerprint density at radius 1 is 0.933 bits per heavy atom. The van der Waals surface area contributed by atoms with Gasteiger partial charge in [-0.3, -0.25) is 0 Å². The van der Waals surface area contributed by atoms with E-state index in [0.717, 1.165) is 6.42 Å². The fourth-order valence-corrected chi connectivity index (χ4v) is 1.63. The van der Waals surface area contributed by atoms with Crippen LogP contribution in [0.4, 0.5) is 0 Å². The Morgan fingerprint density at radius 3 is 1.87 bits per heavy atom. The second kappa shape index (κ2) is 14.2. The molecule has 3 N–H and O–H groups in total. The molecule has 0 aliphatic heterocycles. The van der Waals surface area contributed by atoms with E-state index in [1.807, 2.05) is 0 Å². The van der Waals surface area contributed by atoms with Crippen molar-refractivity contribution in [2.75, 3.05) is 6.61 Å². The molecule has 0 aromatic carbocycles. The van der Waals surface area contributed by atoms with Gasteiger partial charge in [-0.05, 0) is 6.42 Å². The molecule has 0 saturated heterocycles. The molecular weight excluding hydrogens is 210 g/mol. The number of unbranched alkanes of at least 4 members (excludes halogenated alkanes) is 7. The van der Waals surface area contributed by atoms with E-state index in [1.165, 1.54) is 51.4 Å². The summed E-state index contributed by atoms with van der Waals surface area (Å²) in [4.78, 5) is 0. The van der Waals surface area contributed by atoms with E-state index >= 15 is 0 Å². The molecule has 0 amide bonds. The lowest BCUT2D eigenvalue weighted by molar-refractivity contribution is 0.257. The van der Waals surface area contributed by atoms with Crippen LogP contribution in [0, 0.1) is 0 Å². The van der Waals surface area contributed by atoms with Crippen molar-refractivity contribution < 1.29 is 5.11 Å². The molecule has 0 unspecified atom stereocenters. The van der Waals surface area contributed by atoms with Gasteiger partial charge in [-0.15, -0.1) is 12.4 Å². The van der Waals surface area contributed by atoms with Gasteiger partial charge in [0.15, 0.2) is 0 Å². The minimum absolute atomic E-state index is 0. The highest BCUT2D eigenvalue weighted by molar-refractivity contribution is 5.85. The molecule has 0 rings (SSSR count). The fourth-order valence-electron chi connectivity index (χ4n) is 1.63. The highest BCUT2D eigenvalue weighted by atomic mass is 35.5. The molecule has 0 radical (unpaired) electrons. The van der Waals surface area contributed by atoms with Gasteiger partial charge in [0, 0.05) is 6.04 Å². The third kappa shape index (κ3) is 14.2. The summed E-state index contributed by atoms with van der Waals surface area (Å²) in [6, 6.07) is 0.00934. The van der Waals surface area contributed by atoms with Crippen LogP contribution in [0.25, 0.3) is 0 Å². The van der Waals surface area contributed by atoms with Gasteiger partial charge >= 0.3 is 0 Å². The number of rotatable bonds is 10. The topological polar surface area (TPSA) is 46.2 Å². The van der Waals surface area contributed by atoms with Gasteiger partial charge < -0.3 is 10.8 Å². The summed E-state index contributed by atoms with van der Waals surface area (Å²) in [5.41, 5.74) is 5.60. The van der Waals surface area contributed by atoms with Gasteiger partial charge in [0.2, 0.25) is 0 Å². The number of aliphatic hydroxyl groups excluding tert-OH is 1. The first-order valence-corrected chi connectivity index (χ1v) is 6.17. The maximum absolute atomic E-state index is 8.71. The lowest BCUT2D eigenvalue weighted by atomic mass is 10.1. The Hall–Kier alpha value is 0.210. The minimum Gasteiger partial charge on any atom is -0.395 e. The van der Waals surface area contributed by atoms with Crippen LogP contribution in [-0.4, -0.2) is 17.8 Å². The van der Waals surface area contributed by atoms with E-state index in [1.54, 1.807) is 0 Å². The Labute approximate surface area is 101 Å². The van der Waals surface area contributed by atoms with E-state index < -0.39 is 0 Å². The largest absolute Gasteiger partial charge is 0.395 e. The molecular formula is C12H28ClNO. The number of aliphatic hydroxyl groups is 1. The van der Waals surface area contributed by atoms with Crippen molar-refractivity contribution in [1.82, 2.24) is 0 Å². The Balaban J connectivity index is 0. The van der Waals surface area contributed by atoms with Crippen LogP contribution in [0.3, 0.4) is 0 Å². The SMILES string of the molecule is CCCCCCCCCC[C@@H](N)CO.Cl. The van der Waals surface area contributed by atoms with Crippen LogP contribution >= 0.6 is 12.4 Å². The van der Waals surface area contributed by atoms with Gasteiger partial charge in [-0.25, -0.2) is 0 Å². The normalized spacial score (nSPS) is 12.2. The van der Waals surface area contributed by atoms with Crippen LogP contribution in [0.1, 0.15) is 64.7 Å². The highest BCUT2D eigenvalue weighted by Crippen LogP contribution is 2.09. The number of hydrogen-bond acceptors (Lipinski definition) is 2. The summed E-state index contributed by atoms with van der Waals surface area (Å²) in [5.74, 6) is 0. The smallest absolute Gasteiger partial charge is 0.0582 e. The Bertz CT molecular complexity index is 112. The van der Waals surface area contributed by atoms with Crippen molar-refractivity contribution in [3.05, 3.63) is 0 Å². The van der Waals surface area contributed by atoms with Gasteiger partial charge in [0.1, 0.15) is 0 Å². The summed E-state index contributed by atoms with van der Waals surface area (Å²) in [6.07, 6.45) is 11.6. The van der Waals surface area contributed by atoms with Crippen molar-refractivity contribution in [2.24, 2.45) is 5.73 Å². The van der Waals surface area contributed by atoms with Crippen LogP contribution in [0.2, 0.25) is 0 Å². The summed E-state index contributed by atoms with van der Waals surface area (Å²) < 4.78 is 0. The first-order valence-electron chi connectivity index (χ1n) is 6.17. The summed E-state index contributed by atoms with van der Waals surface area (Å²) in [7, 11) is 0. The number of hydrogen-bond donors (Lipinski definition) is 2. The standard InChI is InChI=1S/C12H27NO.ClH/c1-2-3-4-5-6-7-8-9-10-12(13)11-14;/h12,14H,2-11,13H2,1H3;1H/t12-;/m1./s1. The van der Waals surface area contributed by atoms with Crippen molar-refractivity contribution in [3.8, 4) is 0 Å². The monoisotopic (exact) mass is 237 g/mol. The fraction of sp³-hybridized carbons (Fsp3) is 1.00. The zero-order valence-electron chi connectivity index (χ0n) is 10.1. The molecule has 3 heteroatoms. The zero-order valence-corrected chi connectivity index (χ0v) is 10.9. The summed E-state index contributed by atoms with van der Waals surface area (Å²) in [6.45, 7) is 2.38. The zero-order chi connectivity index (χ0) is 10.6. The van der Waals surface area contributed by atoms with E-state index in [-0.39, 0.29) is 25.1 Å². The predicted octanol–water partition coefficient (Wildman–Crippen LogP) is 3.26. The van der Waals surface area contributed by atoms with E-state index in [4.69, 9.17) is 10.8 Å². The predicted molar refractivity (Wildman–Crippen MR) is 69.5 cm³/mol. The number of halogens is 1. The van der Waals surface area contributed by atoms with E-state index in [9.17, 15) is 0 Å². The molecule has 94 valence electrons. The van der Waals surface area contributed by atoms with Crippen molar-refractivity contribution >= 4 is 12.4 Å². The molecule has 0 heterocycles. The van der Waals surface area contributed by atoms with Gasteiger partial charge in [0.25, 0.3) is 0 Å². The minimum atomic E-state index is 0. The van der Waals surface area contributed by atoms with Crippen molar-refractivity contribution in [1.29, 1.82) is 0 Å². The summed E-state index contributed by atoms with van der Waals surface area (Å²) >= 11 is 0. The lowest BCUT2D eigenvalue weighted by Crippen LogP contribution is -2.23. The van der Waals surface area contributed by atoms with Crippen LogP contribution < -0.4 is 5.73 Å². The second-order valence-corrected chi connectivity index (χ2v) is 4.21. The molecule has 0 fully saturated rings. The van der Waals surface area contributed by atoms with E-state index in [2.05, 4.69) is 6.92 Å². The lowest BCUT2D eigenvalue weighted by Gasteiger charge is -2.06. The quantitative estimate of drug-likeness (QED) is 0.573. The first kappa shape index (κ1) is 17.6.